The molecule has 5 heteroatoms. The number of H-pyrrole nitrogens is 1. The van der Waals surface area contributed by atoms with Crippen LogP contribution in [0.5, 0.6) is 0 Å². The van der Waals surface area contributed by atoms with E-state index in [1.54, 1.807) is 0 Å². The highest BCUT2D eigenvalue weighted by Crippen LogP contribution is 1.93. The van der Waals surface area contributed by atoms with Crippen LogP contribution >= 0.6 is 0 Å². The first kappa shape index (κ1) is 8.16. The Labute approximate surface area is 64.0 Å². The lowest BCUT2D eigenvalue weighted by molar-refractivity contribution is 0.547. The highest BCUT2D eigenvalue weighted by molar-refractivity contribution is 4.94. The first-order valence-electron chi connectivity index (χ1n) is 3.43. The van der Waals surface area contributed by atoms with Crippen LogP contribution in [0.25, 0.3) is 0 Å². The maximum Gasteiger partial charge on any atom is 0.286 e. The Morgan fingerprint density at radius 2 is 2.55 bits per heavy atom. The second-order valence-electron chi connectivity index (χ2n) is 2.16. The van der Waals surface area contributed by atoms with Crippen molar-refractivity contribution in [2.45, 2.75) is 6.54 Å². The zero-order chi connectivity index (χ0) is 8.10. The smallest absolute Gasteiger partial charge is 0.286 e. The summed E-state index contributed by atoms with van der Waals surface area (Å²) in [5, 5.41) is 3.00. The summed E-state index contributed by atoms with van der Waals surface area (Å²) in [4.78, 5) is 5.86. The van der Waals surface area contributed by atoms with Crippen LogP contribution in [0.4, 0.5) is 4.39 Å². The predicted octanol–water partition coefficient (Wildman–Crippen LogP) is -0.403. The van der Waals surface area contributed by atoms with E-state index in [0.29, 0.717) is 13.1 Å². The molecule has 0 spiro atoms. The molecule has 0 saturated carbocycles. The summed E-state index contributed by atoms with van der Waals surface area (Å²) in [6.07, 6.45) is 0.910. The zero-order valence-electron chi connectivity index (χ0n) is 6.10. The number of hydrogen-bond acceptors (Lipinski definition) is 3. The Morgan fingerprint density at radius 1 is 1.73 bits per heavy atom. The Hall–Kier alpha value is -0.940. The minimum Gasteiger partial charge on any atom is -0.329 e. The molecule has 0 atom stereocenters. The third-order valence-electron chi connectivity index (χ3n) is 1.23. The topological polar surface area (TPSA) is 66.7 Å². The van der Waals surface area contributed by atoms with E-state index in [1.165, 1.54) is 6.20 Å². The summed E-state index contributed by atoms with van der Waals surface area (Å²) in [5.41, 5.74) is 5.97. The van der Waals surface area contributed by atoms with Gasteiger partial charge in [0.25, 0.3) is 6.08 Å². The lowest BCUT2D eigenvalue weighted by Gasteiger charge is -1.97. The van der Waals surface area contributed by atoms with Crippen LogP contribution in [-0.4, -0.2) is 23.1 Å². The molecule has 1 aromatic rings. The zero-order valence-corrected chi connectivity index (χ0v) is 6.10. The lowest BCUT2D eigenvalue weighted by Crippen LogP contribution is -2.21. The number of halogens is 1. The molecule has 0 unspecified atom stereocenters. The van der Waals surface area contributed by atoms with Gasteiger partial charge in [-0.2, -0.15) is 4.39 Å². The fourth-order valence-corrected chi connectivity index (χ4v) is 0.747. The van der Waals surface area contributed by atoms with E-state index in [2.05, 4.69) is 15.3 Å². The number of aromatic amines is 1. The minimum absolute atomic E-state index is 0.547. The van der Waals surface area contributed by atoms with Crippen molar-refractivity contribution in [3.05, 3.63) is 18.0 Å². The first-order chi connectivity index (χ1) is 5.33. The van der Waals surface area contributed by atoms with Crippen molar-refractivity contribution in [2.75, 3.05) is 13.1 Å². The van der Waals surface area contributed by atoms with Gasteiger partial charge in [0.2, 0.25) is 0 Å². The van der Waals surface area contributed by atoms with Crippen LogP contribution in [-0.2, 0) is 6.54 Å². The van der Waals surface area contributed by atoms with Crippen molar-refractivity contribution >= 4 is 0 Å². The van der Waals surface area contributed by atoms with Crippen molar-refractivity contribution in [3.63, 3.8) is 0 Å². The van der Waals surface area contributed by atoms with Crippen LogP contribution < -0.4 is 11.1 Å². The van der Waals surface area contributed by atoms with Gasteiger partial charge in [-0.3, -0.25) is 0 Å². The molecular weight excluding hydrogens is 147 g/mol. The van der Waals surface area contributed by atoms with Gasteiger partial charge in [-0.05, 0) is 0 Å². The van der Waals surface area contributed by atoms with Crippen molar-refractivity contribution in [1.29, 1.82) is 0 Å². The van der Waals surface area contributed by atoms with E-state index >= 15 is 0 Å². The van der Waals surface area contributed by atoms with E-state index in [1.807, 2.05) is 0 Å². The molecule has 0 aliphatic carbocycles. The number of nitrogens with two attached hydrogens (primary N) is 1. The molecular formula is C6H11FN4. The molecule has 0 aliphatic heterocycles. The highest BCUT2D eigenvalue weighted by atomic mass is 19.1. The normalized spacial score (nSPS) is 10.4. The van der Waals surface area contributed by atoms with E-state index in [0.717, 1.165) is 12.2 Å². The molecule has 4 nitrogen and oxygen atoms in total. The Bertz CT molecular complexity index is 210. The Balaban J connectivity index is 2.27. The highest BCUT2D eigenvalue weighted by Gasteiger charge is 1.96. The molecule has 0 fully saturated rings. The summed E-state index contributed by atoms with van der Waals surface area (Å²) in [7, 11) is 0. The molecule has 11 heavy (non-hydrogen) atoms. The molecule has 1 heterocycles. The minimum atomic E-state index is -0.547. The monoisotopic (exact) mass is 158 g/mol. The Kier molecular flexibility index (Phi) is 3.00. The number of nitrogens with zero attached hydrogens (tertiary/aromatic N) is 1. The van der Waals surface area contributed by atoms with Gasteiger partial charge in [-0.1, -0.05) is 0 Å². The fourth-order valence-electron chi connectivity index (χ4n) is 0.747. The summed E-state index contributed by atoms with van der Waals surface area (Å²) in [5.74, 6) is 0. The SMILES string of the molecule is NCCNCc1cnc(F)[nH]1. The molecule has 0 aliphatic rings. The lowest BCUT2D eigenvalue weighted by atomic mass is 10.4. The number of rotatable bonds is 4. The summed E-state index contributed by atoms with van der Waals surface area (Å²) < 4.78 is 12.2. The van der Waals surface area contributed by atoms with Gasteiger partial charge in [0.1, 0.15) is 0 Å². The number of imidazole rings is 1. The molecule has 1 rings (SSSR count). The molecule has 1 aromatic heterocycles. The maximum atomic E-state index is 12.2. The van der Waals surface area contributed by atoms with Crippen LogP contribution in [0.1, 0.15) is 5.69 Å². The van der Waals surface area contributed by atoms with Crippen molar-refractivity contribution in [2.24, 2.45) is 5.73 Å². The van der Waals surface area contributed by atoms with Crippen molar-refractivity contribution in [1.82, 2.24) is 15.3 Å². The molecule has 0 radical (unpaired) electrons. The van der Waals surface area contributed by atoms with E-state index in [9.17, 15) is 4.39 Å². The average molecular weight is 158 g/mol. The third-order valence-corrected chi connectivity index (χ3v) is 1.23. The molecule has 0 amide bonds. The number of aromatic nitrogens is 2. The summed E-state index contributed by atoms with van der Waals surface area (Å²) in [6, 6.07) is 0. The molecule has 4 N–H and O–H groups in total. The third kappa shape index (κ3) is 2.65. The van der Waals surface area contributed by atoms with Gasteiger partial charge < -0.3 is 16.0 Å². The van der Waals surface area contributed by atoms with Crippen molar-refractivity contribution in [3.8, 4) is 0 Å². The Morgan fingerprint density at radius 3 is 3.09 bits per heavy atom. The van der Waals surface area contributed by atoms with E-state index in [-0.39, 0.29) is 0 Å². The van der Waals surface area contributed by atoms with Crippen LogP contribution in [0.3, 0.4) is 0 Å². The molecule has 0 bridgehead atoms. The van der Waals surface area contributed by atoms with Crippen molar-refractivity contribution < 1.29 is 4.39 Å². The number of nitrogens with one attached hydrogen (secondary N) is 2. The van der Waals surface area contributed by atoms with E-state index in [4.69, 9.17) is 5.73 Å². The van der Waals surface area contributed by atoms with Gasteiger partial charge >= 0.3 is 0 Å². The van der Waals surface area contributed by atoms with Gasteiger partial charge in [0.15, 0.2) is 0 Å². The van der Waals surface area contributed by atoms with Gasteiger partial charge in [0, 0.05) is 19.6 Å². The van der Waals surface area contributed by atoms with Gasteiger partial charge in [0.05, 0.1) is 11.9 Å². The number of hydrogen-bond donors (Lipinski definition) is 3. The van der Waals surface area contributed by atoms with Gasteiger partial charge in [-0.25, -0.2) is 4.98 Å². The standard InChI is InChI=1S/C6H11FN4/c7-6-10-4-5(11-6)3-9-2-1-8/h4,9H,1-3,8H2,(H,10,11). The molecule has 0 saturated heterocycles. The predicted molar refractivity (Wildman–Crippen MR) is 39.3 cm³/mol. The van der Waals surface area contributed by atoms with Crippen LogP contribution in [0.15, 0.2) is 6.20 Å². The second-order valence-corrected chi connectivity index (χ2v) is 2.16. The second kappa shape index (κ2) is 4.05. The van der Waals surface area contributed by atoms with Crippen LogP contribution in [0, 0.1) is 6.08 Å². The summed E-state index contributed by atoms with van der Waals surface area (Å²) >= 11 is 0. The maximum absolute atomic E-state index is 12.2. The summed E-state index contributed by atoms with van der Waals surface area (Å²) in [6.45, 7) is 1.88. The fraction of sp³-hybridized carbons (Fsp3) is 0.500. The largest absolute Gasteiger partial charge is 0.329 e. The molecule has 0 aromatic carbocycles. The van der Waals surface area contributed by atoms with Crippen LogP contribution in [0.2, 0.25) is 0 Å². The quantitative estimate of drug-likeness (QED) is 0.522. The van der Waals surface area contributed by atoms with Gasteiger partial charge in [-0.15, -0.1) is 0 Å². The average Bonchev–Trinajstić information content (AvgIpc) is 2.37. The van der Waals surface area contributed by atoms with E-state index < -0.39 is 6.08 Å². The molecule has 62 valence electrons. The first-order valence-corrected chi connectivity index (χ1v) is 3.43.